The molecule has 5 nitrogen and oxygen atoms in total. The monoisotopic (exact) mass is 235 g/mol. The molecule has 17 heavy (non-hydrogen) atoms. The van der Waals surface area contributed by atoms with Gasteiger partial charge in [-0.15, -0.1) is 0 Å². The minimum Gasteiger partial charge on any atom is -0.367 e. The molecule has 0 radical (unpaired) electrons. The molecule has 0 bridgehead atoms. The minimum atomic E-state index is -0.392. The highest BCUT2D eigenvalue weighted by molar-refractivity contribution is 5.44. The molecule has 1 heterocycles. The molecule has 1 aliphatic rings. The predicted molar refractivity (Wildman–Crippen MR) is 65.9 cm³/mol. The van der Waals surface area contributed by atoms with Crippen LogP contribution in [-0.4, -0.2) is 15.9 Å². The molecule has 0 saturated heterocycles. The van der Waals surface area contributed by atoms with Crippen LogP contribution < -0.4 is 5.32 Å². The third-order valence-electron chi connectivity index (χ3n) is 3.40. The van der Waals surface area contributed by atoms with Gasteiger partial charge in [-0.2, -0.15) is 0 Å². The fourth-order valence-corrected chi connectivity index (χ4v) is 2.33. The van der Waals surface area contributed by atoms with Gasteiger partial charge in [0, 0.05) is 18.3 Å². The van der Waals surface area contributed by atoms with Crippen LogP contribution >= 0.6 is 0 Å². The molecule has 0 amide bonds. The second-order valence-electron chi connectivity index (χ2n) is 4.67. The van der Waals surface area contributed by atoms with E-state index < -0.39 is 4.92 Å². The number of pyridine rings is 1. The van der Waals surface area contributed by atoms with E-state index in [9.17, 15) is 10.1 Å². The maximum Gasteiger partial charge on any atom is 0.274 e. The van der Waals surface area contributed by atoms with Gasteiger partial charge in [0.2, 0.25) is 0 Å². The van der Waals surface area contributed by atoms with Crippen molar-refractivity contribution in [2.24, 2.45) is 5.92 Å². The zero-order valence-electron chi connectivity index (χ0n) is 9.93. The lowest BCUT2D eigenvalue weighted by Gasteiger charge is -2.29. The average molecular weight is 235 g/mol. The van der Waals surface area contributed by atoms with Crippen LogP contribution in [0.2, 0.25) is 0 Å². The van der Waals surface area contributed by atoms with Gasteiger partial charge in [0.25, 0.3) is 5.69 Å². The van der Waals surface area contributed by atoms with E-state index in [1.54, 1.807) is 0 Å². The summed E-state index contributed by atoms with van der Waals surface area (Å²) < 4.78 is 0. The van der Waals surface area contributed by atoms with Crippen molar-refractivity contribution in [2.45, 2.75) is 38.6 Å². The second kappa shape index (κ2) is 5.12. The van der Waals surface area contributed by atoms with Gasteiger partial charge < -0.3 is 5.32 Å². The van der Waals surface area contributed by atoms with Crippen LogP contribution in [0.3, 0.4) is 0 Å². The quantitative estimate of drug-likeness (QED) is 0.646. The van der Waals surface area contributed by atoms with Crippen molar-refractivity contribution in [1.82, 2.24) is 4.98 Å². The molecule has 2 atom stereocenters. The molecule has 1 aliphatic carbocycles. The number of nitro groups is 1. The Kier molecular flexibility index (Phi) is 3.56. The topological polar surface area (TPSA) is 68.1 Å². The van der Waals surface area contributed by atoms with Crippen LogP contribution in [0.1, 0.15) is 32.6 Å². The first-order chi connectivity index (χ1) is 8.16. The van der Waals surface area contributed by atoms with E-state index in [0.717, 1.165) is 6.42 Å². The summed E-state index contributed by atoms with van der Waals surface area (Å²) in [5.74, 6) is 1.21. The summed E-state index contributed by atoms with van der Waals surface area (Å²) in [4.78, 5) is 14.4. The smallest absolute Gasteiger partial charge is 0.274 e. The Bertz CT molecular complexity index is 408. The molecule has 2 unspecified atom stereocenters. The molecular weight excluding hydrogens is 218 g/mol. The third kappa shape index (κ3) is 2.93. The molecule has 1 aromatic heterocycles. The first-order valence-electron chi connectivity index (χ1n) is 6.04. The van der Waals surface area contributed by atoms with E-state index in [1.165, 1.54) is 37.6 Å². The highest BCUT2D eigenvalue weighted by Crippen LogP contribution is 2.26. The van der Waals surface area contributed by atoms with E-state index in [1.807, 2.05) is 0 Å². The SMILES string of the molecule is CC1CCCCC1Nc1cc([N+](=O)[O-])ccn1. The highest BCUT2D eigenvalue weighted by atomic mass is 16.6. The van der Waals surface area contributed by atoms with E-state index in [4.69, 9.17) is 0 Å². The Balaban J connectivity index is 2.07. The van der Waals surface area contributed by atoms with Gasteiger partial charge in [0.15, 0.2) is 0 Å². The Labute approximate surface area is 100 Å². The normalized spacial score (nSPS) is 24.3. The lowest BCUT2D eigenvalue weighted by Crippen LogP contribution is -2.30. The molecule has 0 spiro atoms. The maximum absolute atomic E-state index is 10.7. The Morgan fingerprint density at radius 1 is 1.47 bits per heavy atom. The summed E-state index contributed by atoms with van der Waals surface area (Å²) in [7, 11) is 0. The Morgan fingerprint density at radius 2 is 2.24 bits per heavy atom. The third-order valence-corrected chi connectivity index (χ3v) is 3.40. The lowest BCUT2D eigenvalue weighted by molar-refractivity contribution is -0.384. The van der Waals surface area contributed by atoms with Crippen LogP contribution in [0.25, 0.3) is 0 Å². The van der Waals surface area contributed by atoms with E-state index >= 15 is 0 Å². The minimum absolute atomic E-state index is 0.0889. The molecule has 0 aromatic carbocycles. The predicted octanol–water partition coefficient (Wildman–Crippen LogP) is 2.98. The fourth-order valence-electron chi connectivity index (χ4n) is 2.33. The summed E-state index contributed by atoms with van der Waals surface area (Å²) >= 11 is 0. The zero-order valence-corrected chi connectivity index (χ0v) is 9.93. The van der Waals surface area contributed by atoms with Crippen LogP contribution in [-0.2, 0) is 0 Å². The van der Waals surface area contributed by atoms with Gasteiger partial charge in [-0.25, -0.2) is 4.98 Å². The first-order valence-corrected chi connectivity index (χ1v) is 6.04. The summed E-state index contributed by atoms with van der Waals surface area (Å²) in [6, 6.07) is 3.30. The largest absolute Gasteiger partial charge is 0.367 e. The van der Waals surface area contributed by atoms with Crippen LogP contribution in [0.4, 0.5) is 11.5 Å². The Morgan fingerprint density at radius 3 is 2.94 bits per heavy atom. The fraction of sp³-hybridized carbons (Fsp3) is 0.583. The number of nitrogens with one attached hydrogen (secondary N) is 1. The lowest BCUT2D eigenvalue weighted by atomic mass is 9.86. The van der Waals surface area contributed by atoms with Crippen molar-refractivity contribution in [2.75, 3.05) is 5.32 Å². The molecule has 1 aromatic rings. The van der Waals surface area contributed by atoms with Crippen LogP contribution in [0.5, 0.6) is 0 Å². The molecule has 1 fully saturated rings. The number of aromatic nitrogens is 1. The summed E-state index contributed by atoms with van der Waals surface area (Å²) in [5, 5.41) is 14.0. The van der Waals surface area contributed by atoms with Crippen molar-refractivity contribution >= 4 is 11.5 Å². The average Bonchev–Trinajstić information content (AvgIpc) is 2.32. The van der Waals surface area contributed by atoms with Crippen LogP contribution in [0, 0.1) is 16.0 Å². The number of anilines is 1. The number of nitrogens with zero attached hydrogens (tertiary/aromatic N) is 2. The number of hydrogen-bond donors (Lipinski definition) is 1. The van der Waals surface area contributed by atoms with Crippen molar-refractivity contribution in [3.8, 4) is 0 Å². The highest BCUT2D eigenvalue weighted by Gasteiger charge is 2.21. The number of hydrogen-bond acceptors (Lipinski definition) is 4. The van der Waals surface area contributed by atoms with E-state index in [0.29, 0.717) is 17.8 Å². The van der Waals surface area contributed by atoms with Crippen molar-refractivity contribution in [1.29, 1.82) is 0 Å². The molecule has 5 heteroatoms. The first kappa shape index (κ1) is 11.8. The number of rotatable bonds is 3. The molecule has 0 aliphatic heterocycles. The van der Waals surface area contributed by atoms with Crippen LogP contribution in [0.15, 0.2) is 18.3 Å². The van der Waals surface area contributed by atoms with E-state index in [-0.39, 0.29) is 5.69 Å². The maximum atomic E-state index is 10.7. The molecule has 1 saturated carbocycles. The van der Waals surface area contributed by atoms with Gasteiger partial charge in [0.05, 0.1) is 11.0 Å². The molecule has 92 valence electrons. The van der Waals surface area contributed by atoms with Gasteiger partial charge in [-0.1, -0.05) is 19.8 Å². The van der Waals surface area contributed by atoms with Crippen molar-refractivity contribution < 1.29 is 4.92 Å². The van der Waals surface area contributed by atoms with Gasteiger partial charge in [0.1, 0.15) is 5.82 Å². The summed E-state index contributed by atoms with van der Waals surface area (Å²) in [6.07, 6.45) is 6.31. The second-order valence-corrected chi connectivity index (χ2v) is 4.67. The zero-order chi connectivity index (χ0) is 12.3. The van der Waals surface area contributed by atoms with Crippen molar-refractivity contribution in [3.63, 3.8) is 0 Å². The van der Waals surface area contributed by atoms with Crippen molar-refractivity contribution in [3.05, 3.63) is 28.4 Å². The van der Waals surface area contributed by atoms with Gasteiger partial charge >= 0.3 is 0 Å². The molecule has 2 rings (SSSR count). The molecule has 1 N–H and O–H groups in total. The Hall–Kier alpha value is -1.65. The molecular formula is C12H17N3O2. The van der Waals surface area contributed by atoms with Gasteiger partial charge in [-0.05, 0) is 18.8 Å². The summed E-state index contributed by atoms with van der Waals surface area (Å²) in [6.45, 7) is 2.22. The van der Waals surface area contributed by atoms with E-state index in [2.05, 4.69) is 17.2 Å². The van der Waals surface area contributed by atoms with Gasteiger partial charge in [-0.3, -0.25) is 10.1 Å². The summed E-state index contributed by atoms with van der Waals surface area (Å²) in [5.41, 5.74) is 0.0889. The standard InChI is InChI=1S/C12H17N3O2/c1-9-4-2-3-5-11(9)14-12-8-10(15(16)17)6-7-13-12/h6-9,11H,2-5H2,1H3,(H,13,14).